The van der Waals surface area contributed by atoms with E-state index in [-0.39, 0.29) is 6.42 Å². The van der Waals surface area contributed by atoms with Gasteiger partial charge in [-0.3, -0.25) is 9.78 Å². The Hall–Kier alpha value is -2.89. The van der Waals surface area contributed by atoms with Crippen molar-refractivity contribution < 1.29 is 19.1 Å². The number of carbonyl (C=O) groups excluding carboxylic acids is 2. The van der Waals surface area contributed by atoms with Crippen LogP contribution in [0.15, 0.2) is 48.7 Å². The molecule has 1 aromatic carbocycles. The molecule has 0 atom stereocenters. The molecular formula is C19H22N2O4. The van der Waals surface area contributed by atoms with Gasteiger partial charge in [0, 0.05) is 31.9 Å². The van der Waals surface area contributed by atoms with Crippen LogP contribution >= 0.6 is 0 Å². The molecule has 1 amide bonds. The Morgan fingerprint density at radius 3 is 2.52 bits per heavy atom. The van der Waals surface area contributed by atoms with E-state index in [1.807, 2.05) is 49.4 Å². The van der Waals surface area contributed by atoms with Gasteiger partial charge in [-0.1, -0.05) is 35.9 Å². The van der Waals surface area contributed by atoms with Crippen LogP contribution in [0.4, 0.5) is 4.79 Å². The summed E-state index contributed by atoms with van der Waals surface area (Å²) in [5, 5.41) is 0. The van der Waals surface area contributed by atoms with Crippen molar-refractivity contribution in [1.82, 2.24) is 9.88 Å². The van der Waals surface area contributed by atoms with Gasteiger partial charge in [0.25, 0.3) is 0 Å². The summed E-state index contributed by atoms with van der Waals surface area (Å²) in [5.74, 6) is -0.437. The number of hydrogen-bond acceptors (Lipinski definition) is 5. The zero-order chi connectivity index (χ0) is 18.1. The van der Waals surface area contributed by atoms with Gasteiger partial charge in [0.1, 0.15) is 0 Å². The smallest absolute Gasteiger partial charge is 0.412 e. The summed E-state index contributed by atoms with van der Waals surface area (Å²) in [6.45, 7) is 2.05. The van der Waals surface area contributed by atoms with Gasteiger partial charge in [-0.15, -0.1) is 0 Å². The van der Waals surface area contributed by atoms with Gasteiger partial charge in [-0.05, 0) is 24.6 Å². The van der Waals surface area contributed by atoms with Gasteiger partial charge >= 0.3 is 12.1 Å². The lowest BCUT2D eigenvalue weighted by atomic mass is 10.1. The number of aromatic nitrogens is 1. The zero-order valence-corrected chi connectivity index (χ0v) is 14.5. The maximum atomic E-state index is 11.8. The Balaban J connectivity index is 1.65. The lowest BCUT2D eigenvalue weighted by molar-refractivity contribution is -0.151. The standard InChI is InChI=1S/C19H22N2O4/c1-15-6-8-16(9-7-15)13-18(22)24-14-25-19(23)21(2)12-10-17-5-3-4-11-20-17/h3-9,11H,10,12-14H2,1-2H3. The minimum absolute atomic E-state index is 0.146. The van der Waals surface area contributed by atoms with Crippen LogP contribution in [0.2, 0.25) is 0 Å². The first-order valence-electron chi connectivity index (χ1n) is 8.03. The van der Waals surface area contributed by atoms with Gasteiger partial charge < -0.3 is 14.4 Å². The topological polar surface area (TPSA) is 68.7 Å². The largest absolute Gasteiger partial charge is 0.428 e. The van der Waals surface area contributed by atoms with E-state index >= 15 is 0 Å². The number of rotatable bonds is 7. The second-order valence-corrected chi connectivity index (χ2v) is 5.70. The maximum Gasteiger partial charge on any atom is 0.412 e. The molecule has 0 aliphatic carbocycles. The Labute approximate surface area is 147 Å². The van der Waals surface area contributed by atoms with Crippen molar-refractivity contribution in [3.05, 3.63) is 65.5 Å². The van der Waals surface area contributed by atoms with Crippen LogP contribution in [0, 0.1) is 6.92 Å². The SMILES string of the molecule is Cc1ccc(CC(=O)OCOC(=O)N(C)CCc2ccccn2)cc1. The molecule has 1 heterocycles. The molecule has 0 fully saturated rings. The third-order valence-corrected chi connectivity index (χ3v) is 3.61. The number of aryl methyl sites for hydroxylation is 1. The molecule has 1 aromatic heterocycles. The van der Waals surface area contributed by atoms with E-state index < -0.39 is 18.9 Å². The monoisotopic (exact) mass is 342 g/mol. The predicted molar refractivity (Wildman–Crippen MR) is 92.9 cm³/mol. The quantitative estimate of drug-likeness (QED) is 0.572. The maximum absolute atomic E-state index is 11.8. The number of likely N-dealkylation sites (N-methyl/N-ethyl adjacent to an activating group) is 1. The van der Waals surface area contributed by atoms with Crippen LogP contribution < -0.4 is 0 Å². The summed E-state index contributed by atoms with van der Waals surface area (Å²) in [5.41, 5.74) is 2.88. The highest BCUT2D eigenvalue weighted by molar-refractivity contribution is 5.73. The van der Waals surface area contributed by atoms with Gasteiger partial charge in [-0.25, -0.2) is 4.79 Å². The van der Waals surface area contributed by atoms with Gasteiger partial charge in [0.05, 0.1) is 6.42 Å². The van der Waals surface area contributed by atoms with Gasteiger partial charge in [0.2, 0.25) is 6.79 Å². The molecule has 0 radical (unpaired) electrons. The van der Waals surface area contributed by atoms with Crippen LogP contribution in [-0.2, 0) is 27.1 Å². The van der Waals surface area contributed by atoms with Crippen molar-refractivity contribution in [3.63, 3.8) is 0 Å². The normalized spacial score (nSPS) is 10.2. The molecule has 6 heteroatoms. The fourth-order valence-corrected chi connectivity index (χ4v) is 2.10. The number of pyridine rings is 1. The fraction of sp³-hybridized carbons (Fsp3) is 0.316. The van der Waals surface area contributed by atoms with E-state index in [0.29, 0.717) is 13.0 Å². The van der Waals surface area contributed by atoms with Crippen molar-refractivity contribution in [2.24, 2.45) is 0 Å². The number of carbonyl (C=O) groups is 2. The number of ether oxygens (including phenoxy) is 2. The average Bonchev–Trinajstić information content (AvgIpc) is 2.62. The number of benzene rings is 1. The molecule has 0 bridgehead atoms. The minimum Gasteiger partial charge on any atom is -0.428 e. The van der Waals surface area contributed by atoms with E-state index in [0.717, 1.165) is 16.8 Å². The summed E-state index contributed by atoms with van der Waals surface area (Å²) in [6, 6.07) is 13.2. The zero-order valence-electron chi connectivity index (χ0n) is 14.5. The number of esters is 1. The van der Waals surface area contributed by atoms with Crippen LogP contribution in [-0.4, -0.2) is 42.3 Å². The van der Waals surface area contributed by atoms with Crippen LogP contribution in [0.5, 0.6) is 0 Å². The number of hydrogen-bond donors (Lipinski definition) is 0. The second kappa shape index (κ2) is 9.42. The molecule has 0 saturated heterocycles. The van der Waals surface area contributed by atoms with Gasteiger partial charge in [0.15, 0.2) is 0 Å². The molecular weight excluding hydrogens is 320 g/mol. The lowest BCUT2D eigenvalue weighted by Crippen LogP contribution is -2.30. The van der Waals surface area contributed by atoms with Crippen molar-refractivity contribution in [3.8, 4) is 0 Å². The molecule has 0 aliphatic rings. The lowest BCUT2D eigenvalue weighted by Gasteiger charge is -2.16. The molecule has 0 N–H and O–H groups in total. The highest BCUT2D eigenvalue weighted by atomic mass is 16.7. The molecule has 0 aliphatic heterocycles. The second-order valence-electron chi connectivity index (χ2n) is 5.70. The highest BCUT2D eigenvalue weighted by Gasteiger charge is 2.12. The number of amides is 1. The minimum atomic E-state index is -0.543. The summed E-state index contributed by atoms with van der Waals surface area (Å²) in [4.78, 5) is 29.2. The first kappa shape index (κ1) is 18.4. The van der Waals surface area contributed by atoms with Crippen LogP contribution in [0.3, 0.4) is 0 Å². The highest BCUT2D eigenvalue weighted by Crippen LogP contribution is 2.05. The van der Waals surface area contributed by atoms with E-state index in [9.17, 15) is 9.59 Å². The summed E-state index contributed by atoms with van der Waals surface area (Å²) < 4.78 is 9.88. The number of nitrogens with zero attached hydrogens (tertiary/aromatic N) is 2. The first-order valence-corrected chi connectivity index (χ1v) is 8.03. The Bertz CT molecular complexity index is 686. The molecule has 0 saturated carbocycles. The molecule has 0 spiro atoms. The fourth-order valence-electron chi connectivity index (χ4n) is 2.10. The Morgan fingerprint density at radius 1 is 1.08 bits per heavy atom. The Kier molecular flexibility index (Phi) is 6.95. The summed E-state index contributed by atoms with van der Waals surface area (Å²) >= 11 is 0. The van der Waals surface area contributed by atoms with Crippen LogP contribution in [0.25, 0.3) is 0 Å². The molecule has 25 heavy (non-hydrogen) atoms. The third kappa shape index (κ3) is 6.63. The van der Waals surface area contributed by atoms with E-state index in [1.54, 1.807) is 13.2 Å². The summed E-state index contributed by atoms with van der Waals surface area (Å²) in [6.07, 6.45) is 1.94. The molecule has 2 aromatic rings. The van der Waals surface area contributed by atoms with E-state index in [2.05, 4.69) is 4.98 Å². The van der Waals surface area contributed by atoms with Crippen molar-refractivity contribution in [2.75, 3.05) is 20.4 Å². The van der Waals surface area contributed by atoms with E-state index in [1.165, 1.54) is 4.90 Å². The Morgan fingerprint density at radius 2 is 1.84 bits per heavy atom. The average molecular weight is 342 g/mol. The third-order valence-electron chi connectivity index (χ3n) is 3.61. The predicted octanol–water partition coefficient (Wildman–Crippen LogP) is 2.74. The molecule has 6 nitrogen and oxygen atoms in total. The van der Waals surface area contributed by atoms with Crippen molar-refractivity contribution in [1.29, 1.82) is 0 Å². The first-order chi connectivity index (χ1) is 12.0. The summed E-state index contributed by atoms with van der Waals surface area (Å²) in [7, 11) is 1.62. The van der Waals surface area contributed by atoms with E-state index in [4.69, 9.17) is 9.47 Å². The molecule has 132 valence electrons. The van der Waals surface area contributed by atoms with Crippen LogP contribution in [0.1, 0.15) is 16.8 Å². The van der Waals surface area contributed by atoms with Gasteiger partial charge in [-0.2, -0.15) is 0 Å². The van der Waals surface area contributed by atoms with Crippen molar-refractivity contribution >= 4 is 12.1 Å². The molecule has 2 rings (SSSR count). The van der Waals surface area contributed by atoms with Crippen molar-refractivity contribution in [2.45, 2.75) is 19.8 Å². The molecule has 0 unspecified atom stereocenters.